The number of ether oxygens (including phenoxy) is 1. The molecule has 24 heavy (non-hydrogen) atoms. The summed E-state index contributed by atoms with van der Waals surface area (Å²) >= 11 is 0. The Morgan fingerprint density at radius 1 is 1.17 bits per heavy atom. The summed E-state index contributed by atoms with van der Waals surface area (Å²) in [7, 11) is 0. The first-order chi connectivity index (χ1) is 11.1. The van der Waals surface area contributed by atoms with Crippen molar-refractivity contribution in [1.82, 2.24) is 0 Å². The zero-order valence-corrected chi connectivity index (χ0v) is 12.2. The molecule has 1 atom stereocenters. The second-order valence-corrected chi connectivity index (χ2v) is 5.05. The Kier molecular flexibility index (Phi) is 5.08. The second kappa shape index (κ2) is 6.88. The zero-order chi connectivity index (χ0) is 17.9. The lowest BCUT2D eigenvalue weighted by Gasteiger charge is -2.13. The number of carboxylic acid groups (broad SMARTS) is 1. The first-order valence-electron chi connectivity index (χ1n) is 6.78. The maximum Gasteiger partial charge on any atom is 0.573 e. The van der Waals surface area contributed by atoms with E-state index >= 15 is 0 Å². The molecule has 0 aliphatic heterocycles. The number of hydrogen-bond acceptors (Lipinski definition) is 3. The molecule has 0 radical (unpaired) electrons. The maximum atomic E-state index is 13.8. The van der Waals surface area contributed by atoms with Crippen molar-refractivity contribution in [3.63, 3.8) is 0 Å². The molecule has 0 aliphatic carbocycles. The summed E-state index contributed by atoms with van der Waals surface area (Å²) in [5.74, 6) is -2.26. The topological polar surface area (TPSA) is 72.6 Å². The molecular formula is C16H13F4NO3. The molecule has 2 aromatic carbocycles. The van der Waals surface area contributed by atoms with E-state index in [2.05, 4.69) is 4.74 Å². The van der Waals surface area contributed by atoms with E-state index in [9.17, 15) is 22.4 Å². The summed E-state index contributed by atoms with van der Waals surface area (Å²) in [4.78, 5) is 10.7. The third-order valence-corrected chi connectivity index (χ3v) is 3.14. The standard InChI is InChI=1S/C16H13F4NO3/c17-12-5-10(4-11(6-12)14(21)8-15(22)23)9-2-1-3-13(7-9)24-16(18,19)20/h1-7,14H,8,21H2,(H,22,23). The number of nitrogens with two attached hydrogens (primary N) is 1. The van der Waals surface area contributed by atoms with E-state index in [-0.39, 0.29) is 16.7 Å². The fourth-order valence-electron chi connectivity index (χ4n) is 2.17. The highest BCUT2D eigenvalue weighted by Gasteiger charge is 2.31. The minimum Gasteiger partial charge on any atom is -0.481 e. The summed E-state index contributed by atoms with van der Waals surface area (Å²) in [6.07, 6.45) is -5.24. The van der Waals surface area contributed by atoms with Gasteiger partial charge in [0.1, 0.15) is 11.6 Å². The zero-order valence-electron chi connectivity index (χ0n) is 12.2. The van der Waals surface area contributed by atoms with Gasteiger partial charge in [0, 0.05) is 6.04 Å². The summed E-state index contributed by atoms with van der Waals surface area (Å²) in [6, 6.07) is 7.73. The van der Waals surface area contributed by atoms with Crippen molar-refractivity contribution in [3.8, 4) is 16.9 Å². The Labute approximate surface area is 134 Å². The van der Waals surface area contributed by atoms with Crippen LogP contribution >= 0.6 is 0 Å². The molecule has 0 saturated carbocycles. The number of benzene rings is 2. The van der Waals surface area contributed by atoms with Crippen molar-refractivity contribution in [2.45, 2.75) is 18.8 Å². The van der Waals surface area contributed by atoms with Gasteiger partial charge in [0.2, 0.25) is 0 Å². The number of carboxylic acids is 1. The lowest BCUT2D eigenvalue weighted by atomic mass is 9.98. The highest BCUT2D eigenvalue weighted by atomic mass is 19.4. The lowest BCUT2D eigenvalue weighted by Crippen LogP contribution is -2.17. The van der Waals surface area contributed by atoms with Crippen LogP contribution in [0.15, 0.2) is 42.5 Å². The monoisotopic (exact) mass is 343 g/mol. The molecule has 0 bridgehead atoms. The quantitative estimate of drug-likeness (QED) is 0.809. The largest absolute Gasteiger partial charge is 0.573 e. The Morgan fingerprint density at radius 3 is 2.50 bits per heavy atom. The Bertz CT molecular complexity index is 746. The van der Waals surface area contributed by atoms with Crippen LogP contribution < -0.4 is 10.5 Å². The van der Waals surface area contributed by atoms with Gasteiger partial charge in [-0.2, -0.15) is 0 Å². The number of aliphatic carboxylic acids is 1. The van der Waals surface area contributed by atoms with Crippen molar-refractivity contribution >= 4 is 5.97 Å². The average molecular weight is 343 g/mol. The van der Waals surface area contributed by atoms with Crippen LogP contribution in [0.4, 0.5) is 17.6 Å². The van der Waals surface area contributed by atoms with E-state index in [0.29, 0.717) is 0 Å². The summed E-state index contributed by atoms with van der Waals surface area (Å²) < 4.78 is 54.4. The predicted molar refractivity (Wildman–Crippen MR) is 77.7 cm³/mol. The SMILES string of the molecule is NC(CC(=O)O)c1cc(F)cc(-c2cccc(OC(F)(F)F)c2)c1. The molecule has 8 heteroatoms. The van der Waals surface area contributed by atoms with Crippen molar-refractivity contribution in [1.29, 1.82) is 0 Å². The minimum atomic E-state index is -4.84. The maximum absolute atomic E-state index is 13.8. The van der Waals surface area contributed by atoms with Crippen LogP contribution in [0.1, 0.15) is 18.0 Å². The molecule has 128 valence electrons. The average Bonchev–Trinajstić information content (AvgIpc) is 2.44. The van der Waals surface area contributed by atoms with Gasteiger partial charge in [0.15, 0.2) is 0 Å². The molecule has 2 aromatic rings. The van der Waals surface area contributed by atoms with Gasteiger partial charge in [-0.3, -0.25) is 4.79 Å². The van der Waals surface area contributed by atoms with Crippen LogP contribution in [0.3, 0.4) is 0 Å². The van der Waals surface area contributed by atoms with Gasteiger partial charge in [-0.1, -0.05) is 12.1 Å². The molecule has 0 saturated heterocycles. The van der Waals surface area contributed by atoms with E-state index in [4.69, 9.17) is 10.8 Å². The van der Waals surface area contributed by atoms with Gasteiger partial charge in [0.05, 0.1) is 6.42 Å². The molecule has 0 aliphatic rings. The summed E-state index contributed by atoms with van der Waals surface area (Å²) in [6.45, 7) is 0. The van der Waals surface area contributed by atoms with Gasteiger partial charge < -0.3 is 15.6 Å². The molecule has 1 unspecified atom stereocenters. The van der Waals surface area contributed by atoms with E-state index in [1.807, 2.05) is 0 Å². The van der Waals surface area contributed by atoms with Crippen LogP contribution in [-0.4, -0.2) is 17.4 Å². The van der Waals surface area contributed by atoms with Gasteiger partial charge >= 0.3 is 12.3 Å². The molecular weight excluding hydrogens is 330 g/mol. The van der Waals surface area contributed by atoms with E-state index in [1.165, 1.54) is 18.2 Å². The number of carbonyl (C=O) groups is 1. The lowest BCUT2D eigenvalue weighted by molar-refractivity contribution is -0.274. The van der Waals surface area contributed by atoms with Crippen molar-refractivity contribution in [2.75, 3.05) is 0 Å². The predicted octanol–water partition coefficient (Wildman–Crippen LogP) is 3.87. The fourth-order valence-corrected chi connectivity index (χ4v) is 2.17. The molecule has 0 amide bonds. The molecule has 2 rings (SSSR count). The Morgan fingerprint density at radius 2 is 1.88 bits per heavy atom. The van der Waals surface area contributed by atoms with Gasteiger partial charge in [-0.25, -0.2) is 4.39 Å². The van der Waals surface area contributed by atoms with Crippen LogP contribution in [-0.2, 0) is 4.79 Å². The highest BCUT2D eigenvalue weighted by molar-refractivity contribution is 5.69. The van der Waals surface area contributed by atoms with Crippen LogP contribution in [0.25, 0.3) is 11.1 Å². The molecule has 0 spiro atoms. The Balaban J connectivity index is 2.37. The molecule has 0 heterocycles. The summed E-state index contributed by atoms with van der Waals surface area (Å²) in [5, 5.41) is 8.75. The van der Waals surface area contributed by atoms with Crippen LogP contribution in [0.5, 0.6) is 5.75 Å². The van der Waals surface area contributed by atoms with Crippen molar-refractivity contribution in [2.24, 2.45) is 5.73 Å². The third kappa shape index (κ3) is 4.95. The van der Waals surface area contributed by atoms with E-state index in [0.717, 1.165) is 24.3 Å². The van der Waals surface area contributed by atoms with Gasteiger partial charge in [-0.15, -0.1) is 13.2 Å². The number of rotatable bonds is 5. The van der Waals surface area contributed by atoms with E-state index < -0.39 is 36.4 Å². The first-order valence-corrected chi connectivity index (χ1v) is 6.78. The summed E-state index contributed by atoms with van der Waals surface area (Å²) in [5.41, 5.74) is 6.48. The second-order valence-electron chi connectivity index (χ2n) is 5.05. The molecule has 0 aromatic heterocycles. The number of alkyl halides is 3. The van der Waals surface area contributed by atoms with Crippen LogP contribution in [0.2, 0.25) is 0 Å². The molecule has 3 N–H and O–H groups in total. The highest BCUT2D eigenvalue weighted by Crippen LogP contribution is 2.30. The van der Waals surface area contributed by atoms with Crippen molar-refractivity contribution < 1.29 is 32.2 Å². The van der Waals surface area contributed by atoms with Crippen LogP contribution in [0, 0.1) is 5.82 Å². The molecule has 4 nitrogen and oxygen atoms in total. The molecule has 0 fully saturated rings. The third-order valence-electron chi connectivity index (χ3n) is 3.14. The Hall–Kier alpha value is -2.61. The normalized spacial score (nSPS) is 12.7. The van der Waals surface area contributed by atoms with Gasteiger partial charge in [-0.05, 0) is 47.0 Å². The minimum absolute atomic E-state index is 0.231. The first kappa shape index (κ1) is 17.7. The number of hydrogen-bond donors (Lipinski definition) is 2. The van der Waals surface area contributed by atoms with Crippen molar-refractivity contribution in [3.05, 3.63) is 53.8 Å². The number of halogens is 4. The smallest absolute Gasteiger partial charge is 0.481 e. The van der Waals surface area contributed by atoms with Gasteiger partial charge in [0.25, 0.3) is 0 Å². The van der Waals surface area contributed by atoms with E-state index in [1.54, 1.807) is 0 Å². The fraction of sp³-hybridized carbons (Fsp3) is 0.188.